The van der Waals surface area contributed by atoms with Gasteiger partial charge in [-0.3, -0.25) is 0 Å². The van der Waals surface area contributed by atoms with Gasteiger partial charge in [-0.2, -0.15) is 0 Å². The first kappa shape index (κ1) is 16.3. The van der Waals surface area contributed by atoms with E-state index in [2.05, 4.69) is 22.5 Å². The molecule has 0 unspecified atom stereocenters. The number of hydrogen-bond donors (Lipinski definition) is 2. The molecule has 0 aliphatic carbocycles. The van der Waals surface area contributed by atoms with Gasteiger partial charge < -0.3 is 20.3 Å². The Morgan fingerprint density at radius 2 is 1.75 bits per heavy atom. The minimum atomic E-state index is -0.236. The number of benzene rings is 2. The smallest absolute Gasteiger partial charge is 0.323 e. The van der Waals surface area contributed by atoms with Crippen LogP contribution in [0.25, 0.3) is 0 Å². The number of ether oxygens (including phenoxy) is 1. The van der Waals surface area contributed by atoms with Gasteiger partial charge in [0.05, 0.1) is 24.6 Å². The second kappa shape index (κ2) is 7.84. The fourth-order valence-electron chi connectivity index (χ4n) is 2.77. The molecule has 0 saturated carbocycles. The molecule has 5 heteroatoms. The van der Waals surface area contributed by atoms with Gasteiger partial charge in [0.15, 0.2) is 0 Å². The van der Waals surface area contributed by atoms with E-state index in [1.807, 2.05) is 48.5 Å². The summed E-state index contributed by atoms with van der Waals surface area (Å²) in [6, 6.07) is 15.5. The lowest BCUT2D eigenvalue weighted by atomic mass is 10.1. The maximum absolute atomic E-state index is 12.3. The predicted octanol–water partition coefficient (Wildman–Crippen LogP) is 3.73. The molecule has 5 nitrogen and oxygen atoms in total. The van der Waals surface area contributed by atoms with Crippen molar-refractivity contribution in [1.82, 2.24) is 0 Å². The number of para-hydroxylation sites is 2. The lowest BCUT2D eigenvalue weighted by Gasteiger charge is -2.30. The second-order valence-corrected chi connectivity index (χ2v) is 5.75. The summed E-state index contributed by atoms with van der Waals surface area (Å²) >= 11 is 0. The van der Waals surface area contributed by atoms with E-state index in [1.165, 1.54) is 5.56 Å². The van der Waals surface area contributed by atoms with Crippen LogP contribution < -0.4 is 15.5 Å². The van der Waals surface area contributed by atoms with E-state index in [1.54, 1.807) is 0 Å². The van der Waals surface area contributed by atoms with E-state index in [-0.39, 0.29) is 6.03 Å². The van der Waals surface area contributed by atoms with E-state index in [0.29, 0.717) is 13.2 Å². The molecule has 2 amide bonds. The summed E-state index contributed by atoms with van der Waals surface area (Å²) in [5.74, 6) is 0. The fourth-order valence-corrected chi connectivity index (χ4v) is 2.77. The van der Waals surface area contributed by atoms with Crippen molar-refractivity contribution in [3.05, 3.63) is 54.1 Å². The highest BCUT2D eigenvalue weighted by Crippen LogP contribution is 2.26. The molecular formula is C19H23N3O2. The van der Waals surface area contributed by atoms with Gasteiger partial charge in [0.25, 0.3) is 0 Å². The third-order valence-corrected chi connectivity index (χ3v) is 4.12. The molecule has 2 N–H and O–H groups in total. The molecule has 2 aromatic rings. The highest BCUT2D eigenvalue weighted by Gasteiger charge is 2.15. The fraction of sp³-hybridized carbons (Fsp3) is 0.316. The molecule has 1 fully saturated rings. The molecule has 0 radical (unpaired) electrons. The Hall–Kier alpha value is -2.53. The number of nitrogens with one attached hydrogen (secondary N) is 2. The first-order valence-corrected chi connectivity index (χ1v) is 8.35. The summed E-state index contributed by atoms with van der Waals surface area (Å²) in [7, 11) is 0. The lowest BCUT2D eigenvalue weighted by Crippen LogP contribution is -2.36. The molecule has 0 aromatic heterocycles. The molecular weight excluding hydrogens is 302 g/mol. The molecule has 0 bridgehead atoms. The molecule has 0 atom stereocenters. The normalized spacial score (nSPS) is 14.3. The van der Waals surface area contributed by atoms with Crippen LogP contribution in [-0.4, -0.2) is 32.3 Å². The first-order chi connectivity index (χ1) is 11.8. The van der Waals surface area contributed by atoms with Gasteiger partial charge in [0, 0.05) is 18.8 Å². The van der Waals surface area contributed by atoms with Crippen molar-refractivity contribution in [1.29, 1.82) is 0 Å². The Labute approximate surface area is 142 Å². The highest BCUT2D eigenvalue weighted by molar-refractivity contribution is 6.01. The molecule has 126 valence electrons. The zero-order chi connectivity index (χ0) is 16.8. The summed E-state index contributed by atoms with van der Waals surface area (Å²) in [5.41, 5.74) is 3.87. The van der Waals surface area contributed by atoms with Gasteiger partial charge in [-0.1, -0.05) is 31.2 Å². The van der Waals surface area contributed by atoms with Gasteiger partial charge in [0.2, 0.25) is 0 Å². The number of amides is 2. The Morgan fingerprint density at radius 3 is 2.46 bits per heavy atom. The molecule has 1 aliphatic heterocycles. The molecule has 1 saturated heterocycles. The van der Waals surface area contributed by atoms with Crippen LogP contribution in [0.3, 0.4) is 0 Å². The SMILES string of the molecule is CCc1ccc(NC(=O)Nc2ccccc2N2CCOCC2)cc1. The van der Waals surface area contributed by atoms with Crippen LogP contribution in [0.4, 0.5) is 21.9 Å². The van der Waals surface area contributed by atoms with Crippen molar-refractivity contribution in [2.24, 2.45) is 0 Å². The minimum Gasteiger partial charge on any atom is -0.378 e. The zero-order valence-electron chi connectivity index (χ0n) is 13.9. The third-order valence-electron chi connectivity index (χ3n) is 4.12. The Bertz CT molecular complexity index is 679. The van der Waals surface area contributed by atoms with Gasteiger partial charge >= 0.3 is 6.03 Å². The molecule has 0 spiro atoms. The molecule has 3 rings (SSSR count). The maximum Gasteiger partial charge on any atom is 0.323 e. The summed E-state index contributed by atoms with van der Waals surface area (Å²) in [6.45, 7) is 5.20. The van der Waals surface area contributed by atoms with Crippen LogP contribution in [0.5, 0.6) is 0 Å². The average molecular weight is 325 g/mol. The molecule has 1 aliphatic rings. The highest BCUT2D eigenvalue weighted by atomic mass is 16.5. The van der Waals surface area contributed by atoms with Gasteiger partial charge in [-0.15, -0.1) is 0 Å². The second-order valence-electron chi connectivity index (χ2n) is 5.75. The maximum atomic E-state index is 12.3. The zero-order valence-corrected chi connectivity index (χ0v) is 13.9. The van der Waals surface area contributed by atoms with Crippen LogP contribution >= 0.6 is 0 Å². The number of rotatable bonds is 4. The van der Waals surface area contributed by atoms with Crippen LogP contribution in [-0.2, 0) is 11.2 Å². The summed E-state index contributed by atoms with van der Waals surface area (Å²) < 4.78 is 5.40. The minimum absolute atomic E-state index is 0.236. The monoisotopic (exact) mass is 325 g/mol. The van der Waals surface area contributed by atoms with Gasteiger partial charge in [-0.25, -0.2) is 4.79 Å². The van der Waals surface area contributed by atoms with Crippen LogP contribution in [0.1, 0.15) is 12.5 Å². The quantitative estimate of drug-likeness (QED) is 0.900. The number of anilines is 3. The van der Waals surface area contributed by atoms with Crippen molar-refractivity contribution < 1.29 is 9.53 Å². The average Bonchev–Trinajstić information content (AvgIpc) is 2.63. The third kappa shape index (κ3) is 4.06. The van der Waals surface area contributed by atoms with E-state index in [0.717, 1.165) is 36.6 Å². The topological polar surface area (TPSA) is 53.6 Å². The molecule has 2 aromatic carbocycles. The van der Waals surface area contributed by atoms with Gasteiger partial charge in [-0.05, 0) is 36.2 Å². The van der Waals surface area contributed by atoms with Crippen molar-refractivity contribution in [2.75, 3.05) is 41.8 Å². The predicted molar refractivity (Wildman–Crippen MR) is 97.9 cm³/mol. The van der Waals surface area contributed by atoms with Crippen LogP contribution in [0.2, 0.25) is 0 Å². The lowest BCUT2D eigenvalue weighted by molar-refractivity contribution is 0.123. The van der Waals surface area contributed by atoms with Crippen molar-refractivity contribution in [3.63, 3.8) is 0 Å². The number of hydrogen-bond acceptors (Lipinski definition) is 3. The van der Waals surface area contributed by atoms with Crippen molar-refractivity contribution >= 4 is 23.1 Å². The van der Waals surface area contributed by atoms with Gasteiger partial charge in [0.1, 0.15) is 0 Å². The van der Waals surface area contributed by atoms with E-state index in [4.69, 9.17) is 4.74 Å². The van der Waals surface area contributed by atoms with Crippen LogP contribution in [0, 0.1) is 0 Å². The summed E-state index contributed by atoms with van der Waals surface area (Å²) in [5, 5.41) is 5.83. The number of carbonyl (C=O) groups is 1. The van der Waals surface area contributed by atoms with Crippen LogP contribution in [0.15, 0.2) is 48.5 Å². The summed E-state index contributed by atoms with van der Waals surface area (Å²) in [6.07, 6.45) is 0.986. The molecule has 24 heavy (non-hydrogen) atoms. The number of urea groups is 1. The van der Waals surface area contributed by atoms with E-state index in [9.17, 15) is 4.79 Å². The number of carbonyl (C=O) groups excluding carboxylic acids is 1. The van der Waals surface area contributed by atoms with E-state index < -0.39 is 0 Å². The summed E-state index contributed by atoms with van der Waals surface area (Å²) in [4.78, 5) is 14.5. The Morgan fingerprint density at radius 1 is 1.04 bits per heavy atom. The standard InChI is InChI=1S/C19H23N3O2/c1-2-15-7-9-16(10-8-15)20-19(23)21-17-5-3-4-6-18(17)22-11-13-24-14-12-22/h3-10H,2,11-14H2,1H3,(H2,20,21,23). The number of aryl methyl sites for hydroxylation is 1. The molecule has 1 heterocycles. The number of nitrogens with zero attached hydrogens (tertiary/aromatic N) is 1. The first-order valence-electron chi connectivity index (χ1n) is 8.35. The van der Waals surface area contributed by atoms with E-state index >= 15 is 0 Å². The van der Waals surface area contributed by atoms with Crippen molar-refractivity contribution in [2.45, 2.75) is 13.3 Å². The Balaban J connectivity index is 1.67. The number of morpholine rings is 1. The Kier molecular flexibility index (Phi) is 5.33. The largest absolute Gasteiger partial charge is 0.378 e. The van der Waals surface area contributed by atoms with Crippen molar-refractivity contribution in [3.8, 4) is 0 Å².